The molecule has 1 aliphatic heterocycles. The number of amides is 1. The van der Waals surface area contributed by atoms with E-state index in [2.05, 4.69) is 20.3 Å². The van der Waals surface area contributed by atoms with Gasteiger partial charge in [0.25, 0.3) is 0 Å². The summed E-state index contributed by atoms with van der Waals surface area (Å²) in [6.45, 7) is 5.58. The minimum atomic E-state index is -4.44. The summed E-state index contributed by atoms with van der Waals surface area (Å²) in [6, 6.07) is 5.37. The van der Waals surface area contributed by atoms with Crippen LogP contribution in [0.3, 0.4) is 0 Å². The average molecular weight is 473 g/mol. The first-order valence-corrected chi connectivity index (χ1v) is 11.0. The van der Waals surface area contributed by atoms with E-state index in [9.17, 15) is 23.1 Å². The molecule has 3 heterocycles. The van der Waals surface area contributed by atoms with Crippen LogP contribution in [0.15, 0.2) is 36.8 Å². The van der Waals surface area contributed by atoms with E-state index in [0.717, 1.165) is 6.07 Å². The van der Waals surface area contributed by atoms with E-state index < -0.39 is 23.4 Å². The molecule has 1 saturated heterocycles. The molecule has 180 valence electrons. The average Bonchev–Trinajstić information content (AvgIpc) is 2.78. The fourth-order valence-electron chi connectivity index (χ4n) is 4.49. The number of aromatic nitrogens is 3. The standard InChI is InChI=1S/C24H26F3N5O2/c1-14-17(5-4-6-19(14)24(25,26)27)15(2)31-22-18-11-21(28-12-20(18)29-13-30-22)23(34)7-9-32(10-8-23)16(3)33/h4-6,11-13,15,34H,7-10H2,1-3H3,(H,29,30,31)/t15-/m1/s1. The van der Waals surface area contributed by atoms with Crippen molar-refractivity contribution in [3.05, 3.63) is 59.2 Å². The van der Waals surface area contributed by atoms with E-state index >= 15 is 0 Å². The molecule has 10 heteroatoms. The number of carbonyl (C=O) groups excluding carboxylic acids is 1. The number of carbonyl (C=O) groups is 1. The van der Waals surface area contributed by atoms with Crippen LogP contribution >= 0.6 is 0 Å². The van der Waals surface area contributed by atoms with Gasteiger partial charge in [-0.2, -0.15) is 13.2 Å². The van der Waals surface area contributed by atoms with Crippen LogP contribution in [0.5, 0.6) is 0 Å². The zero-order valence-electron chi connectivity index (χ0n) is 19.1. The number of hydrogen-bond donors (Lipinski definition) is 2. The summed E-state index contributed by atoms with van der Waals surface area (Å²) in [5.74, 6) is 0.398. The normalized spacial score (nSPS) is 17.0. The maximum Gasteiger partial charge on any atom is 0.416 e. The third-order valence-corrected chi connectivity index (χ3v) is 6.54. The number of pyridine rings is 1. The van der Waals surface area contributed by atoms with Crippen molar-refractivity contribution in [1.29, 1.82) is 0 Å². The fourth-order valence-corrected chi connectivity index (χ4v) is 4.49. The van der Waals surface area contributed by atoms with Crippen molar-refractivity contribution in [2.45, 2.75) is 51.4 Å². The van der Waals surface area contributed by atoms with E-state index in [1.165, 1.54) is 26.2 Å². The van der Waals surface area contributed by atoms with Gasteiger partial charge in [-0.05, 0) is 49.9 Å². The molecule has 1 atom stereocenters. The first-order chi connectivity index (χ1) is 16.0. The molecule has 2 N–H and O–H groups in total. The monoisotopic (exact) mass is 473 g/mol. The van der Waals surface area contributed by atoms with Gasteiger partial charge >= 0.3 is 6.18 Å². The van der Waals surface area contributed by atoms with Crippen molar-refractivity contribution in [3.63, 3.8) is 0 Å². The summed E-state index contributed by atoms with van der Waals surface area (Å²) in [6.07, 6.45) is -0.830. The molecular formula is C24H26F3N5O2. The van der Waals surface area contributed by atoms with Crippen LogP contribution in [0.4, 0.5) is 19.0 Å². The minimum Gasteiger partial charge on any atom is -0.383 e. The van der Waals surface area contributed by atoms with Crippen molar-refractivity contribution >= 4 is 22.6 Å². The number of hydrogen-bond acceptors (Lipinski definition) is 6. The van der Waals surface area contributed by atoms with E-state index in [1.54, 1.807) is 30.2 Å². The zero-order chi connectivity index (χ0) is 24.7. The van der Waals surface area contributed by atoms with Gasteiger partial charge in [0.05, 0.1) is 29.0 Å². The van der Waals surface area contributed by atoms with E-state index in [-0.39, 0.29) is 11.5 Å². The summed E-state index contributed by atoms with van der Waals surface area (Å²) in [5, 5.41) is 15.0. The number of piperidine rings is 1. The highest BCUT2D eigenvalue weighted by Gasteiger charge is 2.36. The molecule has 2 aromatic heterocycles. The Morgan fingerprint density at radius 3 is 2.56 bits per heavy atom. The maximum absolute atomic E-state index is 13.4. The van der Waals surface area contributed by atoms with Crippen LogP contribution in [0.25, 0.3) is 10.9 Å². The second-order valence-corrected chi connectivity index (χ2v) is 8.73. The Morgan fingerprint density at radius 1 is 1.21 bits per heavy atom. The zero-order valence-corrected chi connectivity index (χ0v) is 19.1. The number of rotatable bonds is 4. The molecule has 1 amide bonds. The Hall–Kier alpha value is -3.27. The largest absolute Gasteiger partial charge is 0.416 e. The molecule has 4 rings (SSSR count). The van der Waals surface area contributed by atoms with Crippen molar-refractivity contribution < 1.29 is 23.1 Å². The van der Waals surface area contributed by atoms with E-state index in [4.69, 9.17) is 0 Å². The predicted octanol–water partition coefficient (Wildman–Crippen LogP) is 4.36. The number of aliphatic hydroxyl groups is 1. The molecule has 1 aliphatic rings. The predicted molar refractivity (Wildman–Crippen MR) is 121 cm³/mol. The van der Waals surface area contributed by atoms with Crippen molar-refractivity contribution in [2.75, 3.05) is 18.4 Å². The number of fused-ring (bicyclic) bond motifs is 1. The second kappa shape index (κ2) is 8.83. The molecule has 0 saturated carbocycles. The van der Waals surface area contributed by atoms with Gasteiger partial charge in [0, 0.05) is 25.4 Å². The number of likely N-dealkylation sites (tertiary alicyclic amines) is 1. The SMILES string of the molecule is CC(=O)N1CCC(O)(c2cc3c(N[C@H](C)c4cccc(C(F)(F)F)c4C)ncnc3cn2)CC1. The second-order valence-electron chi connectivity index (χ2n) is 8.73. The Kier molecular flexibility index (Phi) is 6.20. The van der Waals surface area contributed by atoms with E-state index in [0.29, 0.717) is 53.9 Å². The van der Waals surface area contributed by atoms with Gasteiger partial charge < -0.3 is 15.3 Å². The van der Waals surface area contributed by atoms with Crippen molar-refractivity contribution in [2.24, 2.45) is 0 Å². The lowest BCUT2D eigenvalue weighted by Gasteiger charge is -2.37. The van der Waals surface area contributed by atoms with Gasteiger partial charge in [0.2, 0.25) is 5.91 Å². The molecular weight excluding hydrogens is 447 g/mol. The van der Waals surface area contributed by atoms with Gasteiger partial charge in [0.15, 0.2) is 0 Å². The number of anilines is 1. The summed E-state index contributed by atoms with van der Waals surface area (Å²) in [5.41, 5.74) is -0.218. The Bertz CT molecular complexity index is 1220. The molecule has 0 spiro atoms. The quantitative estimate of drug-likeness (QED) is 0.585. The third kappa shape index (κ3) is 4.54. The van der Waals surface area contributed by atoms with E-state index in [1.807, 2.05) is 0 Å². The lowest BCUT2D eigenvalue weighted by Crippen LogP contribution is -2.44. The number of nitrogens with zero attached hydrogens (tertiary/aromatic N) is 4. The number of alkyl halides is 3. The molecule has 3 aromatic rings. The van der Waals surface area contributed by atoms with Crippen LogP contribution in [0.2, 0.25) is 0 Å². The molecule has 1 fully saturated rings. The molecule has 0 aliphatic carbocycles. The van der Waals surface area contributed by atoms with Gasteiger partial charge in [-0.3, -0.25) is 9.78 Å². The lowest BCUT2D eigenvalue weighted by molar-refractivity contribution is -0.138. The van der Waals surface area contributed by atoms with Gasteiger partial charge in [0.1, 0.15) is 17.7 Å². The molecule has 0 bridgehead atoms. The summed E-state index contributed by atoms with van der Waals surface area (Å²) in [4.78, 5) is 26.3. The molecule has 7 nitrogen and oxygen atoms in total. The lowest BCUT2D eigenvalue weighted by atomic mass is 9.87. The van der Waals surface area contributed by atoms with Crippen LogP contribution in [-0.4, -0.2) is 44.0 Å². The number of nitrogens with one attached hydrogen (secondary N) is 1. The van der Waals surface area contributed by atoms with Gasteiger partial charge in [-0.15, -0.1) is 0 Å². The van der Waals surface area contributed by atoms with Crippen LogP contribution in [0, 0.1) is 6.92 Å². The van der Waals surface area contributed by atoms with Crippen LogP contribution in [-0.2, 0) is 16.6 Å². The molecule has 0 unspecified atom stereocenters. The topological polar surface area (TPSA) is 91.2 Å². The van der Waals surface area contributed by atoms with Crippen molar-refractivity contribution in [3.8, 4) is 0 Å². The van der Waals surface area contributed by atoms with Crippen LogP contribution in [0.1, 0.15) is 55.1 Å². The first-order valence-electron chi connectivity index (χ1n) is 11.0. The third-order valence-electron chi connectivity index (χ3n) is 6.54. The Labute approximate surface area is 195 Å². The summed E-state index contributed by atoms with van der Waals surface area (Å²) >= 11 is 0. The highest BCUT2D eigenvalue weighted by atomic mass is 19.4. The van der Waals surface area contributed by atoms with Crippen LogP contribution < -0.4 is 5.32 Å². The smallest absolute Gasteiger partial charge is 0.383 e. The summed E-state index contributed by atoms with van der Waals surface area (Å²) < 4.78 is 40.1. The highest BCUT2D eigenvalue weighted by molar-refractivity contribution is 5.88. The highest BCUT2D eigenvalue weighted by Crippen LogP contribution is 2.37. The Morgan fingerprint density at radius 2 is 1.91 bits per heavy atom. The summed E-state index contributed by atoms with van der Waals surface area (Å²) in [7, 11) is 0. The fraction of sp³-hybridized carbons (Fsp3) is 0.417. The number of benzene rings is 1. The van der Waals surface area contributed by atoms with Gasteiger partial charge in [-0.1, -0.05) is 12.1 Å². The maximum atomic E-state index is 13.4. The number of halogens is 3. The van der Waals surface area contributed by atoms with Crippen molar-refractivity contribution in [1.82, 2.24) is 19.9 Å². The first kappa shape index (κ1) is 23.9. The molecule has 1 aromatic carbocycles. The minimum absolute atomic E-state index is 0.0349. The Balaban J connectivity index is 1.65. The van der Waals surface area contributed by atoms with Gasteiger partial charge in [-0.25, -0.2) is 9.97 Å². The molecule has 34 heavy (non-hydrogen) atoms. The molecule has 0 radical (unpaired) electrons.